The van der Waals surface area contributed by atoms with Crippen molar-refractivity contribution in [1.29, 1.82) is 0 Å². The Morgan fingerprint density at radius 3 is 2.40 bits per heavy atom. The highest BCUT2D eigenvalue weighted by Crippen LogP contribution is 2.24. The number of fused-ring (bicyclic) bond motifs is 1. The molecule has 0 aliphatic rings. The summed E-state index contributed by atoms with van der Waals surface area (Å²) in [5.41, 5.74) is 4.72. The van der Waals surface area contributed by atoms with Gasteiger partial charge in [-0.25, -0.2) is 0 Å². The third-order valence-corrected chi connectivity index (χ3v) is 5.89. The fourth-order valence-electron chi connectivity index (χ4n) is 3.07. The lowest BCUT2D eigenvalue weighted by Crippen LogP contribution is -2.13. The van der Waals surface area contributed by atoms with Gasteiger partial charge in [0.25, 0.3) is 5.91 Å². The van der Waals surface area contributed by atoms with Gasteiger partial charge in [-0.1, -0.05) is 62.9 Å². The topological polar surface area (TPSA) is 59.3 Å². The molecule has 2 aromatic heterocycles. The maximum absolute atomic E-state index is 12.6. The van der Waals surface area contributed by atoms with Gasteiger partial charge in [0.15, 0.2) is 10.8 Å². The number of thioether (sulfide) groups is 1. The maximum Gasteiger partial charge on any atom is 0.255 e. The molecule has 0 fully saturated rings. The molecule has 0 bridgehead atoms. The molecule has 5 nitrogen and oxygen atoms in total. The molecule has 0 aliphatic carbocycles. The number of hydrogen-bond acceptors (Lipinski definition) is 4. The van der Waals surface area contributed by atoms with Gasteiger partial charge in [0.2, 0.25) is 0 Å². The molecule has 0 atom stereocenters. The number of carbonyl (C=O) groups is 1. The minimum atomic E-state index is -0.110. The monoisotopic (exact) mass is 416 g/mol. The molecule has 152 valence electrons. The molecule has 6 heteroatoms. The number of carbonyl (C=O) groups excluding carboxylic acids is 1. The molecule has 2 aromatic carbocycles. The van der Waals surface area contributed by atoms with Crippen molar-refractivity contribution in [3.05, 3.63) is 89.6 Å². The van der Waals surface area contributed by atoms with E-state index < -0.39 is 0 Å². The SMILES string of the molecule is CC(C)(C)c1ccc(NC(=O)c2ccc(CSc3nnc4ccccn34)cc2)cc1. The molecule has 4 rings (SSSR count). The van der Waals surface area contributed by atoms with E-state index in [0.29, 0.717) is 5.56 Å². The van der Waals surface area contributed by atoms with Crippen LogP contribution >= 0.6 is 11.8 Å². The second kappa shape index (κ2) is 8.32. The summed E-state index contributed by atoms with van der Waals surface area (Å²) in [5, 5.41) is 12.2. The molecular weight excluding hydrogens is 392 g/mol. The summed E-state index contributed by atoms with van der Waals surface area (Å²) in [5.74, 6) is 0.646. The third-order valence-electron chi connectivity index (χ3n) is 4.88. The number of hydrogen-bond donors (Lipinski definition) is 1. The number of pyridine rings is 1. The number of nitrogens with zero attached hydrogens (tertiary/aromatic N) is 3. The zero-order chi connectivity index (χ0) is 21.1. The Bertz CT molecular complexity index is 1160. The first-order valence-electron chi connectivity index (χ1n) is 9.83. The highest BCUT2D eigenvalue weighted by molar-refractivity contribution is 7.98. The van der Waals surface area contributed by atoms with Gasteiger partial charge in [0, 0.05) is 23.2 Å². The largest absolute Gasteiger partial charge is 0.322 e. The van der Waals surface area contributed by atoms with Gasteiger partial charge in [0.05, 0.1) is 0 Å². The molecule has 30 heavy (non-hydrogen) atoms. The fourth-order valence-corrected chi connectivity index (χ4v) is 3.96. The lowest BCUT2D eigenvalue weighted by Gasteiger charge is -2.19. The lowest BCUT2D eigenvalue weighted by molar-refractivity contribution is 0.102. The quantitative estimate of drug-likeness (QED) is 0.432. The predicted octanol–water partition coefficient (Wildman–Crippen LogP) is 5.57. The first-order valence-corrected chi connectivity index (χ1v) is 10.8. The molecule has 1 amide bonds. The number of nitrogens with one attached hydrogen (secondary N) is 1. The summed E-state index contributed by atoms with van der Waals surface area (Å²) in [4.78, 5) is 12.6. The van der Waals surface area contributed by atoms with Crippen LogP contribution in [0.2, 0.25) is 0 Å². The standard InChI is InChI=1S/C24H24N4OS/c1-24(2,3)19-11-13-20(14-12-19)25-22(29)18-9-7-17(8-10-18)16-30-23-27-26-21-6-4-5-15-28(21)23/h4-15H,16H2,1-3H3,(H,25,29). The molecular formula is C24H24N4OS. The van der Waals surface area contributed by atoms with Gasteiger partial charge < -0.3 is 5.32 Å². The van der Waals surface area contributed by atoms with Crippen molar-refractivity contribution in [2.24, 2.45) is 0 Å². The van der Waals surface area contributed by atoms with Crippen LogP contribution in [0, 0.1) is 0 Å². The fraction of sp³-hybridized carbons (Fsp3) is 0.208. The van der Waals surface area contributed by atoms with Crippen LogP contribution in [0.5, 0.6) is 0 Å². The number of rotatable bonds is 5. The van der Waals surface area contributed by atoms with Crippen molar-refractivity contribution in [2.75, 3.05) is 5.32 Å². The Balaban J connectivity index is 1.37. The van der Waals surface area contributed by atoms with Crippen molar-refractivity contribution in [3.8, 4) is 0 Å². The van der Waals surface area contributed by atoms with Crippen molar-refractivity contribution in [2.45, 2.75) is 37.1 Å². The van der Waals surface area contributed by atoms with Gasteiger partial charge in [-0.05, 0) is 52.9 Å². The lowest BCUT2D eigenvalue weighted by atomic mass is 9.87. The normalized spacial score (nSPS) is 11.6. The molecule has 0 unspecified atom stereocenters. The van der Waals surface area contributed by atoms with Crippen molar-refractivity contribution < 1.29 is 4.79 Å². The second-order valence-electron chi connectivity index (χ2n) is 8.18. The van der Waals surface area contributed by atoms with Crippen LogP contribution in [0.3, 0.4) is 0 Å². The van der Waals surface area contributed by atoms with Crippen LogP contribution in [0.25, 0.3) is 5.65 Å². The Hall–Kier alpha value is -3.12. The smallest absolute Gasteiger partial charge is 0.255 e. The number of anilines is 1. The Morgan fingerprint density at radius 1 is 0.967 bits per heavy atom. The summed E-state index contributed by atoms with van der Waals surface area (Å²) in [6.45, 7) is 6.52. The zero-order valence-electron chi connectivity index (χ0n) is 17.3. The first kappa shape index (κ1) is 20.2. The summed E-state index contributed by atoms with van der Waals surface area (Å²) < 4.78 is 1.97. The number of benzene rings is 2. The minimum absolute atomic E-state index is 0.0924. The first-order chi connectivity index (χ1) is 14.4. The van der Waals surface area contributed by atoms with Crippen molar-refractivity contribution >= 4 is 29.0 Å². The summed E-state index contributed by atoms with van der Waals surface area (Å²) in [6, 6.07) is 21.5. The van der Waals surface area contributed by atoms with Crippen LogP contribution in [0.15, 0.2) is 78.1 Å². The van der Waals surface area contributed by atoms with Crippen LogP contribution in [-0.2, 0) is 11.2 Å². The van der Waals surface area contributed by atoms with E-state index in [1.807, 2.05) is 65.2 Å². The maximum atomic E-state index is 12.6. The minimum Gasteiger partial charge on any atom is -0.322 e. The summed E-state index contributed by atoms with van der Waals surface area (Å²) >= 11 is 1.62. The Kier molecular flexibility index (Phi) is 5.59. The summed E-state index contributed by atoms with van der Waals surface area (Å²) in [6.07, 6.45) is 1.96. The Morgan fingerprint density at radius 2 is 1.70 bits per heavy atom. The molecule has 0 saturated heterocycles. The van der Waals surface area contributed by atoms with E-state index in [-0.39, 0.29) is 11.3 Å². The van der Waals surface area contributed by atoms with Crippen molar-refractivity contribution in [3.63, 3.8) is 0 Å². The van der Waals surface area contributed by atoms with Crippen LogP contribution in [0.1, 0.15) is 42.3 Å². The molecule has 0 aliphatic heterocycles. The second-order valence-corrected chi connectivity index (χ2v) is 9.12. The number of amides is 1. The average Bonchev–Trinajstić information content (AvgIpc) is 3.15. The molecule has 0 spiro atoms. The van der Waals surface area contributed by atoms with E-state index in [1.165, 1.54) is 5.56 Å². The highest BCUT2D eigenvalue weighted by atomic mass is 32.2. The molecule has 0 saturated carbocycles. The predicted molar refractivity (Wildman–Crippen MR) is 122 cm³/mol. The van der Waals surface area contributed by atoms with E-state index in [9.17, 15) is 4.79 Å². The molecule has 0 radical (unpaired) electrons. The van der Waals surface area contributed by atoms with E-state index in [2.05, 4.69) is 48.4 Å². The van der Waals surface area contributed by atoms with Crippen LogP contribution in [-0.4, -0.2) is 20.5 Å². The van der Waals surface area contributed by atoms with Crippen molar-refractivity contribution in [1.82, 2.24) is 14.6 Å². The molecule has 1 N–H and O–H groups in total. The van der Waals surface area contributed by atoms with E-state index in [1.54, 1.807) is 11.8 Å². The van der Waals surface area contributed by atoms with Gasteiger partial charge in [0.1, 0.15) is 0 Å². The van der Waals surface area contributed by atoms with Gasteiger partial charge >= 0.3 is 0 Å². The van der Waals surface area contributed by atoms with E-state index in [4.69, 9.17) is 0 Å². The van der Waals surface area contributed by atoms with E-state index >= 15 is 0 Å². The molecule has 4 aromatic rings. The highest BCUT2D eigenvalue weighted by Gasteiger charge is 2.13. The van der Waals surface area contributed by atoms with Gasteiger partial charge in [-0.3, -0.25) is 9.20 Å². The molecule has 2 heterocycles. The summed E-state index contributed by atoms with van der Waals surface area (Å²) in [7, 11) is 0. The van der Waals surface area contributed by atoms with Crippen LogP contribution in [0.4, 0.5) is 5.69 Å². The third kappa shape index (κ3) is 4.54. The average molecular weight is 417 g/mol. The van der Waals surface area contributed by atoms with Gasteiger partial charge in [-0.2, -0.15) is 0 Å². The Labute approximate surface area is 180 Å². The number of aromatic nitrogens is 3. The van der Waals surface area contributed by atoms with Crippen LogP contribution < -0.4 is 5.32 Å². The van der Waals surface area contributed by atoms with Gasteiger partial charge in [-0.15, -0.1) is 10.2 Å². The van der Waals surface area contributed by atoms with E-state index in [0.717, 1.165) is 27.8 Å². The zero-order valence-corrected chi connectivity index (χ0v) is 18.1.